The number of hydrogen-bond donors (Lipinski definition) is 1. The van der Waals surface area contributed by atoms with E-state index >= 15 is 0 Å². The normalized spacial score (nSPS) is 12.6. The number of rotatable bonds is 4. The second-order valence-corrected chi connectivity index (χ2v) is 4.80. The molecule has 0 bridgehead atoms. The van der Waals surface area contributed by atoms with Gasteiger partial charge in [-0.15, -0.1) is 23.7 Å². The molecule has 0 amide bonds. The second kappa shape index (κ2) is 6.58. The van der Waals surface area contributed by atoms with Crippen molar-refractivity contribution >= 4 is 35.3 Å². The third kappa shape index (κ3) is 4.11. The Bertz CT molecular complexity index is 267. The molecule has 1 aromatic heterocycles. The predicted octanol–water partition coefficient (Wildman–Crippen LogP) is 2.00. The molecule has 1 rings (SSSR count). The van der Waals surface area contributed by atoms with E-state index in [1.807, 2.05) is 7.05 Å². The Morgan fingerprint density at radius 1 is 1.71 bits per heavy atom. The van der Waals surface area contributed by atoms with Crippen LogP contribution < -0.4 is 5.73 Å². The maximum absolute atomic E-state index is 5.77. The third-order valence-corrected chi connectivity index (χ3v) is 3.10. The molecule has 0 radical (unpaired) electrons. The van der Waals surface area contributed by atoms with Crippen molar-refractivity contribution in [1.82, 2.24) is 9.88 Å². The molecule has 1 heterocycles. The Morgan fingerprint density at radius 2 is 2.36 bits per heavy atom. The fourth-order valence-electron chi connectivity index (χ4n) is 0.910. The molecular weight excluding hydrogens is 241 g/mol. The van der Waals surface area contributed by atoms with Crippen LogP contribution >= 0.6 is 35.3 Å². The molecule has 1 aromatic rings. The van der Waals surface area contributed by atoms with Crippen LogP contribution in [0.2, 0.25) is 4.34 Å². The van der Waals surface area contributed by atoms with E-state index < -0.39 is 0 Å². The SMILES string of the molecule is CC(CN)N(C)Cc1ncc(Cl)s1.Cl. The molecule has 0 aromatic carbocycles. The van der Waals surface area contributed by atoms with Crippen LogP contribution in [-0.2, 0) is 6.54 Å². The molecule has 6 heteroatoms. The summed E-state index contributed by atoms with van der Waals surface area (Å²) in [5.41, 5.74) is 5.55. The van der Waals surface area contributed by atoms with Crippen LogP contribution in [0.25, 0.3) is 0 Å². The molecule has 0 aliphatic heterocycles. The minimum Gasteiger partial charge on any atom is -0.329 e. The summed E-state index contributed by atoms with van der Waals surface area (Å²) in [5, 5.41) is 1.04. The molecule has 1 atom stereocenters. The third-order valence-electron chi connectivity index (χ3n) is 2.00. The van der Waals surface area contributed by atoms with Crippen LogP contribution in [0.5, 0.6) is 0 Å². The fraction of sp³-hybridized carbons (Fsp3) is 0.625. The molecular formula is C8H15Cl2N3S. The van der Waals surface area contributed by atoms with E-state index in [9.17, 15) is 0 Å². The molecule has 82 valence electrons. The van der Waals surface area contributed by atoms with E-state index in [-0.39, 0.29) is 12.4 Å². The van der Waals surface area contributed by atoms with E-state index in [2.05, 4.69) is 16.8 Å². The molecule has 0 fully saturated rings. The lowest BCUT2D eigenvalue weighted by Crippen LogP contribution is -2.34. The topological polar surface area (TPSA) is 42.1 Å². The first-order valence-corrected chi connectivity index (χ1v) is 5.33. The lowest BCUT2D eigenvalue weighted by molar-refractivity contribution is 0.254. The standard InChI is InChI=1S/C8H14ClN3S.ClH/c1-6(3-10)12(2)5-8-11-4-7(9)13-8;/h4,6H,3,5,10H2,1-2H3;1H. The Hall–Kier alpha value is 0.130. The first-order valence-electron chi connectivity index (χ1n) is 4.14. The van der Waals surface area contributed by atoms with Gasteiger partial charge >= 0.3 is 0 Å². The van der Waals surface area contributed by atoms with Crippen molar-refractivity contribution in [3.8, 4) is 0 Å². The van der Waals surface area contributed by atoms with Crippen molar-refractivity contribution in [2.45, 2.75) is 19.5 Å². The summed E-state index contributed by atoms with van der Waals surface area (Å²) in [5.74, 6) is 0. The Balaban J connectivity index is 0.00000169. The molecule has 0 saturated heterocycles. The molecule has 1 unspecified atom stereocenters. The zero-order valence-electron chi connectivity index (χ0n) is 8.24. The summed E-state index contributed by atoms with van der Waals surface area (Å²) in [6.45, 7) is 3.57. The van der Waals surface area contributed by atoms with Crippen LogP contribution in [-0.4, -0.2) is 29.5 Å². The largest absolute Gasteiger partial charge is 0.329 e. The fourth-order valence-corrected chi connectivity index (χ4v) is 1.93. The summed E-state index contributed by atoms with van der Waals surface area (Å²) in [6, 6.07) is 0.377. The highest BCUT2D eigenvalue weighted by molar-refractivity contribution is 7.15. The van der Waals surface area contributed by atoms with Crippen molar-refractivity contribution in [1.29, 1.82) is 0 Å². The van der Waals surface area contributed by atoms with Crippen molar-refractivity contribution in [3.05, 3.63) is 15.5 Å². The predicted molar refractivity (Wildman–Crippen MR) is 64.4 cm³/mol. The maximum atomic E-state index is 5.77. The van der Waals surface area contributed by atoms with Gasteiger partial charge in [0, 0.05) is 12.6 Å². The van der Waals surface area contributed by atoms with E-state index in [1.165, 1.54) is 11.3 Å². The lowest BCUT2D eigenvalue weighted by Gasteiger charge is -2.21. The van der Waals surface area contributed by atoms with Crippen LogP contribution in [0.3, 0.4) is 0 Å². The number of nitrogens with two attached hydrogens (primary N) is 1. The molecule has 0 aliphatic rings. The van der Waals surface area contributed by atoms with E-state index in [0.717, 1.165) is 15.9 Å². The van der Waals surface area contributed by atoms with Gasteiger partial charge in [0.15, 0.2) is 0 Å². The number of nitrogens with zero attached hydrogens (tertiary/aromatic N) is 2. The van der Waals surface area contributed by atoms with E-state index in [1.54, 1.807) is 6.20 Å². The summed E-state index contributed by atoms with van der Waals surface area (Å²) < 4.78 is 0.740. The maximum Gasteiger partial charge on any atom is 0.113 e. The molecule has 2 N–H and O–H groups in total. The average Bonchev–Trinajstić information content (AvgIpc) is 2.49. The van der Waals surface area contributed by atoms with Gasteiger partial charge < -0.3 is 5.73 Å². The van der Waals surface area contributed by atoms with E-state index in [4.69, 9.17) is 17.3 Å². The van der Waals surface area contributed by atoms with Crippen LogP contribution in [0.1, 0.15) is 11.9 Å². The van der Waals surface area contributed by atoms with Gasteiger partial charge in [0.1, 0.15) is 9.34 Å². The highest BCUT2D eigenvalue weighted by Crippen LogP contribution is 2.19. The number of halogens is 2. The van der Waals surface area contributed by atoms with Gasteiger partial charge in [-0.1, -0.05) is 11.6 Å². The van der Waals surface area contributed by atoms with E-state index in [0.29, 0.717) is 12.6 Å². The summed E-state index contributed by atoms with van der Waals surface area (Å²) in [7, 11) is 2.03. The highest BCUT2D eigenvalue weighted by atomic mass is 35.5. The van der Waals surface area contributed by atoms with Gasteiger partial charge in [0.25, 0.3) is 0 Å². The Morgan fingerprint density at radius 3 is 2.79 bits per heavy atom. The van der Waals surface area contributed by atoms with Gasteiger partial charge in [-0.3, -0.25) is 4.90 Å². The lowest BCUT2D eigenvalue weighted by atomic mass is 10.3. The quantitative estimate of drug-likeness (QED) is 0.895. The first kappa shape index (κ1) is 14.1. The first-order chi connectivity index (χ1) is 6.13. The zero-order chi connectivity index (χ0) is 9.84. The summed E-state index contributed by atoms with van der Waals surface area (Å²) >= 11 is 7.29. The molecule has 0 saturated carbocycles. The van der Waals surface area contributed by atoms with Crippen molar-refractivity contribution in [2.24, 2.45) is 5.73 Å². The van der Waals surface area contributed by atoms with Crippen molar-refractivity contribution < 1.29 is 0 Å². The van der Waals surface area contributed by atoms with Gasteiger partial charge in [-0.05, 0) is 14.0 Å². The minimum absolute atomic E-state index is 0. The zero-order valence-corrected chi connectivity index (χ0v) is 10.6. The minimum atomic E-state index is 0. The van der Waals surface area contributed by atoms with Crippen LogP contribution in [0, 0.1) is 0 Å². The Kier molecular flexibility index (Phi) is 6.64. The summed E-state index contributed by atoms with van der Waals surface area (Å²) in [6.07, 6.45) is 1.68. The van der Waals surface area contributed by atoms with Gasteiger partial charge in [0.05, 0.1) is 12.7 Å². The molecule has 3 nitrogen and oxygen atoms in total. The highest BCUT2D eigenvalue weighted by Gasteiger charge is 2.09. The monoisotopic (exact) mass is 255 g/mol. The number of aromatic nitrogens is 1. The summed E-state index contributed by atoms with van der Waals surface area (Å²) in [4.78, 5) is 6.34. The van der Waals surface area contributed by atoms with Crippen LogP contribution in [0.15, 0.2) is 6.20 Å². The van der Waals surface area contributed by atoms with Gasteiger partial charge in [-0.2, -0.15) is 0 Å². The average molecular weight is 256 g/mol. The molecule has 0 spiro atoms. The Labute approximate surface area is 99.7 Å². The number of thiazole rings is 1. The van der Waals surface area contributed by atoms with Crippen molar-refractivity contribution in [3.63, 3.8) is 0 Å². The smallest absolute Gasteiger partial charge is 0.113 e. The number of hydrogen-bond acceptors (Lipinski definition) is 4. The molecule has 0 aliphatic carbocycles. The van der Waals surface area contributed by atoms with Crippen molar-refractivity contribution in [2.75, 3.05) is 13.6 Å². The van der Waals surface area contributed by atoms with Gasteiger partial charge in [0.2, 0.25) is 0 Å². The molecule has 14 heavy (non-hydrogen) atoms. The van der Waals surface area contributed by atoms with Gasteiger partial charge in [-0.25, -0.2) is 4.98 Å². The second-order valence-electron chi connectivity index (χ2n) is 3.06. The van der Waals surface area contributed by atoms with Crippen LogP contribution in [0.4, 0.5) is 0 Å². The number of likely N-dealkylation sites (N-methyl/N-ethyl adjacent to an activating group) is 1.